The lowest BCUT2D eigenvalue weighted by Crippen LogP contribution is -2.43. The van der Waals surface area contributed by atoms with Crippen molar-refractivity contribution in [3.8, 4) is 0 Å². The number of nitrogens with one attached hydrogen (secondary N) is 1. The standard InChI is InChI=1S/C14H23N3O2S/c1-12-13(11-15-16-12)20(18,19)17-9-7-14(8-10-17)5-3-2-4-6-14/h11H,2-10H2,1H3,(H,15,16). The number of sulfonamides is 1. The van der Waals surface area contributed by atoms with Gasteiger partial charge in [-0.3, -0.25) is 5.10 Å². The van der Waals surface area contributed by atoms with Crippen LogP contribution in [0, 0.1) is 12.3 Å². The highest BCUT2D eigenvalue weighted by Gasteiger charge is 2.39. The number of aryl methyl sites for hydroxylation is 1. The predicted molar refractivity (Wildman–Crippen MR) is 76.8 cm³/mol. The fraction of sp³-hybridized carbons (Fsp3) is 0.786. The van der Waals surface area contributed by atoms with Crippen molar-refractivity contribution >= 4 is 10.0 Å². The molecule has 112 valence electrons. The van der Waals surface area contributed by atoms with Crippen molar-refractivity contribution in [2.24, 2.45) is 5.41 Å². The molecule has 5 nitrogen and oxygen atoms in total. The fourth-order valence-electron chi connectivity index (χ4n) is 3.74. The van der Waals surface area contributed by atoms with E-state index in [0.29, 0.717) is 29.1 Å². The van der Waals surface area contributed by atoms with Gasteiger partial charge in [0.05, 0.1) is 11.9 Å². The Balaban J connectivity index is 1.73. The van der Waals surface area contributed by atoms with Gasteiger partial charge in [-0.05, 0) is 38.0 Å². The molecule has 1 aliphatic heterocycles. The van der Waals surface area contributed by atoms with E-state index >= 15 is 0 Å². The zero-order valence-corrected chi connectivity index (χ0v) is 12.9. The molecule has 1 spiro atoms. The summed E-state index contributed by atoms with van der Waals surface area (Å²) >= 11 is 0. The summed E-state index contributed by atoms with van der Waals surface area (Å²) in [6, 6.07) is 0. The van der Waals surface area contributed by atoms with Gasteiger partial charge in [0.1, 0.15) is 4.90 Å². The van der Waals surface area contributed by atoms with Crippen LogP contribution in [-0.4, -0.2) is 36.0 Å². The summed E-state index contributed by atoms with van der Waals surface area (Å²) in [5.74, 6) is 0. The Bertz CT molecular complexity index is 563. The van der Waals surface area contributed by atoms with E-state index in [0.717, 1.165) is 12.8 Å². The molecule has 20 heavy (non-hydrogen) atoms. The van der Waals surface area contributed by atoms with Gasteiger partial charge >= 0.3 is 0 Å². The minimum absolute atomic E-state index is 0.331. The van der Waals surface area contributed by atoms with Gasteiger partial charge < -0.3 is 0 Å². The van der Waals surface area contributed by atoms with Gasteiger partial charge in [-0.1, -0.05) is 19.3 Å². The molecule has 1 saturated carbocycles. The molecule has 1 saturated heterocycles. The van der Waals surface area contributed by atoms with Crippen molar-refractivity contribution in [2.45, 2.75) is 56.8 Å². The van der Waals surface area contributed by atoms with Crippen LogP contribution < -0.4 is 0 Å². The molecular weight excluding hydrogens is 274 g/mol. The van der Waals surface area contributed by atoms with Crippen LogP contribution in [0.5, 0.6) is 0 Å². The first kappa shape index (κ1) is 14.1. The first-order valence-electron chi connectivity index (χ1n) is 7.54. The summed E-state index contributed by atoms with van der Waals surface area (Å²) in [6.45, 7) is 3.08. The van der Waals surface area contributed by atoms with Gasteiger partial charge in [0.25, 0.3) is 0 Å². The molecule has 1 aliphatic carbocycles. The van der Waals surface area contributed by atoms with E-state index in [-0.39, 0.29) is 0 Å². The van der Waals surface area contributed by atoms with Gasteiger partial charge in [0.15, 0.2) is 0 Å². The van der Waals surface area contributed by atoms with Crippen molar-refractivity contribution < 1.29 is 8.42 Å². The van der Waals surface area contributed by atoms with Crippen LogP contribution in [0.3, 0.4) is 0 Å². The van der Waals surface area contributed by atoms with Crippen LogP contribution in [0.15, 0.2) is 11.1 Å². The number of H-pyrrole nitrogens is 1. The second-order valence-electron chi connectivity index (χ2n) is 6.32. The Kier molecular flexibility index (Phi) is 3.62. The van der Waals surface area contributed by atoms with Gasteiger partial charge in [0, 0.05) is 13.1 Å². The van der Waals surface area contributed by atoms with Crippen molar-refractivity contribution in [1.82, 2.24) is 14.5 Å². The van der Waals surface area contributed by atoms with E-state index in [4.69, 9.17) is 0 Å². The van der Waals surface area contributed by atoms with Crippen LogP contribution in [-0.2, 0) is 10.0 Å². The van der Waals surface area contributed by atoms with E-state index < -0.39 is 10.0 Å². The number of piperidine rings is 1. The Morgan fingerprint density at radius 2 is 1.80 bits per heavy atom. The number of hydrogen-bond donors (Lipinski definition) is 1. The van der Waals surface area contributed by atoms with Gasteiger partial charge in [-0.2, -0.15) is 9.40 Å². The molecule has 2 aliphatic rings. The summed E-state index contributed by atoms with van der Waals surface area (Å²) in [4.78, 5) is 0.331. The zero-order chi connectivity index (χ0) is 14.2. The van der Waals surface area contributed by atoms with E-state index in [1.807, 2.05) is 0 Å². The molecule has 3 rings (SSSR count). The van der Waals surface area contributed by atoms with Crippen LogP contribution in [0.4, 0.5) is 0 Å². The zero-order valence-electron chi connectivity index (χ0n) is 12.1. The Morgan fingerprint density at radius 3 is 2.35 bits per heavy atom. The Labute approximate surface area is 120 Å². The van der Waals surface area contributed by atoms with Crippen LogP contribution in [0.1, 0.15) is 50.6 Å². The topological polar surface area (TPSA) is 66.1 Å². The number of nitrogens with zero attached hydrogens (tertiary/aromatic N) is 2. The average Bonchev–Trinajstić information content (AvgIpc) is 2.87. The molecule has 0 unspecified atom stereocenters. The van der Waals surface area contributed by atoms with E-state index in [2.05, 4.69) is 10.2 Å². The maximum Gasteiger partial charge on any atom is 0.246 e. The molecule has 6 heteroatoms. The molecule has 1 aromatic rings. The SMILES string of the molecule is Cc1[nH]ncc1S(=O)(=O)N1CCC2(CCCCC2)CC1. The van der Waals surface area contributed by atoms with Crippen molar-refractivity contribution in [3.63, 3.8) is 0 Å². The normalized spacial score (nSPS) is 24.1. The van der Waals surface area contributed by atoms with Crippen molar-refractivity contribution in [2.75, 3.05) is 13.1 Å². The van der Waals surface area contributed by atoms with Gasteiger partial charge in [-0.15, -0.1) is 0 Å². The third kappa shape index (κ3) is 2.39. The molecule has 2 heterocycles. The first-order valence-corrected chi connectivity index (χ1v) is 8.98. The summed E-state index contributed by atoms with van der Waals surface area (Å²) < 4.78 is 26.9. The summed E-state index contributed by atoms with van der Waals surface area (Å²) in [5.41, 5.74) is 1.05. The second kappa shape index (κ2) is 5.15. The second-order valence-corrected chi connectivity index (χ2v) is 8.23. The third-order valence-electron chi connectivity index (χ3n) is 5.10. The maximum atomic E-state index is 12.6. The van der Waals surface area contributed by atoms with E-state index in [9.17, 15) is 8.42 Å². The minimum atomic E-state index is -3.37. The van der Waals surface area contributed by atoms with Crippen LogP contribution >= 0.6 is 0 Å². The molecule has 1 aromatic heterocycles. The summed E-state index contributed by atoms with van der Waals surface area (Å²) in [6.07, 6.45) is 10.00. The minimum Gasteiger partial charge on any atom is -0.281 e. The molecule has 0 aromatic carbocycles. The van der Waals surface area contributed by atoms with Gasteiger partial charge in [0.2, 0.25) is 10.0 Å². The highest BCUT2D eigenvalue weighted by Crippen LogP contribution is 2.45. The first-order chi connectivity index (χ1) is 9.54. The summed E-state index contributed by atoms with van der Waals surface area (Å²) in [7, 11) is -3.37. The lowest BCUT2D eigenvalue weighted by molar-refractivity contribution is 0.102. The van der Waals surface area contributed by atoms with Crippen LogP contribution in [0.25, 0.3) is 0 Å². The molecular formula is C14H23N3O2S. The number of hydrogen-bond acceptors (Lipinski definition) is 3. The highest BCUT2D eigenvalue weighted by atomic mass is 32.2. The molecule has 0 radical (unpaired) electrons. The number of aromatic nitrogens is 2. The predicted octanol–water partition coefficient (Wildman–Crippen LogP) is 2.45. The lowest BCUT2D eigenvalue weighted by atomic mass is 9.68. The largest absolute Gasteiger partial charge is 0.281 e. The Hall–Kier alpha value is -0.880. The third-order valence-corrected chi connectivity index (χ3v) is 7.11. The van der Waals surface area contributed by atoms with Crippen molar-refractivity contribution in [1.29, 1.82) is 0 Å². The van der Waals surface area contributed by atoms with E-state index in [1.165, 1.54) is 38.3 Å². The fourth-order valence-corrected chi connectivity index (χ4v) is 5.30. The smallest absolute Gasteiger partial charge is 0.246 e. The molecule has 1 N–H and O–H groups in total. The quantitative estimate of drug-likeness (QED) is 0.912. The van der Waals surface area contributed by atoms with E-state index in [1.54, 1.807) is 11.2 Å². The molecule has 0 bridgehead atoms. The lowest BCUT2D eigenvalue weighted by Gasteiger charge is -2.43. The molecule has 0 amide bonds. The maximum absolute atomic E-state index is 12.6. The highest BCUT2D eigenvalue weighted by molar-refractivity contribution is 7.89. The number of aromatic amines is 1. The van der Waals surface area contributed by atoms with Crippen molar-refractivity contribution in [3.05, 3.63) is 11.9 Å². The molecule has 2 fully saturated rings. The van der Waals surface area contributed by atoms with Crippen LogP contribution in [0.2, 0.25) is 0 Å². The number of rotatable bonds is 2. The monoisotopic (exact) mass is 297 g/mol. The Morgan fingerprint density at radius 1 is 1.15 bits per heavy atom. The average molecular weight is 297 g/mol. The van der Waals surface area contributed by atoms with Gasteiger partial charge in [-0.25, -0.2) is 8.42 Å². The molecule has 0 atom stereocenters. The summed E-state index contributed by atoms with van der Waals surface area (Å²) in [5, 5.41) is 6.55.